The normalized spacial score (nSPS) is 16.3. The molecule has 0 saturated heterocycles. The number of nitrogens with zero attached hydrogens (tertiary/aromatic N) is 2. The molecule has 186 valence electrons. The summed E-state index contributed by atoms with van der Waals surface area (Å²) in [6.45, 7) is 7.18. The molecule has 0 atom stereocenters. The van der Waals surface area contributed by atoms with Gasteiger partial charge in [-0.25, -0.2) is 4.79 Å². The van der Waals surface area contributed by atoms with E-state index >= 15 is 0 Å². The molecule has 6 nitrogen and oxygen atoms in total. The van der Waals surface area contributed by atoms with Crippen LogP contribution in [0.2, 0.25) is 0 Å². The van der Waals surface area contributed by atoms with Crippen LogP contribution in [0.4, 0.5) is 5.69 Å². The number of hydrogen-bond donors (Lipinski definition) is 1. The van der Waals surface area contributed by atoms with Gasteiger partial charge in [-0.3, -0.25) is 0 Å². The van der Waals surface area contributed by atoms with E-state index in [4.69, 9.17) is 9.47 Å². The Morgan fingerprint density at radius 1 is 1.09 bits per heavy atom. The Kier molecular flexibility index (Phi) is 6.74. The second-order valence-corrected chi connectivity index (χ2v) is 10.1. The van der Waals surface area contributed by atoms with Crippen molar-refractivity contribution in [3.05, 3.63) is 47.5 Å². The SMILES string of the molecule is COc1ccc2c(c1)N(CCOC(C)C)CCn1c-2c(C2CCCCC2)c2ccc(C(=O)O)cc21. The first kappa shape index (κ1) is 23.7. The summed E-state index contributed by atoms with van der Waals surface area (Å²) in [5, 5.41) is 10.9. The largest absolute Gasteiger partial charge is 0.497 e. The summed E-state index contributed by atoms with van der Waals surface area (Å²) in [4.78, 5) is 14.2. The van der Waals surface area contributed by atoms with Gasteiger partial charge in [-0.1, -0.05) is 25.3 Å². The van der Waals surface area contributed by atoms with Crippen LogP contribution in [0.15, 0.2) is 36.4 Å². The minimum atomic E-state index is -0.882. The molecule has 1 aliphatic heterocycles. The molecule has 1 N–H and O–H groups in total. The number of carbonyl (C=O) groups is 1. The fourth-order valence-electron chi connectivity index (χ4n) is 5.91. The zero-order valence-corrected chi connectivity index (χ0v) is 21.0. The molecule has 1 fully saturated rings. The molecule has 0 amide bonds. The van der Waals surface area contributed by atoms with E-state index in [-0.39, 0.29) is 6.10 Å². The Morgan fingerprint density at radius 3 is 2.60 bits per heavy atom. The molecule has 6 heteroatoms. The van der Waals surface area contributed by atoms with Crippen molar-refractivity contribution in [2.24, 2.45) is 0 Å². The van der Waals surface area contributed by atoms with Crippen molar-refractivity contribution in [2.45, 2.75) is 64.5 Å². The Morgan fingerprint density at radius 2 is 1.89 bits per heavy atom. The van der Waals surface area contributed by atoms with Crippen molar-refractivity contribution in [1.29, 1.82) is 0 Å². The molecule has 2 aliphatic rings. The van der Waals surface area contributed by atoms with Gasteiger partial charge in [0.2, 0.25) is 0 Å². The molecule has 5 rings (SSSR count). The fraction of sp³-hybridized carbons (Fsp3) is 0.483. The minimum absolute atomic E-state index is 0.191. The summed E-state index contributed by atoms with van der Waals surface area (Å²) in [5.41, 5.74) is 6.37. The van der Waals surface area contributed by atoms with Crippen LogP contribution in [-0.2, 0) is 11.3 Å². The van der Waals surface area contributed by atoms with Crippen molar-refractivity contribution < 1.29 is 19.4 Å². The molecule has 0 spiro atoms. The van der Waals surface area contributed by atoms with Crippen LogP contribution in [0.3, 0.4) is 0 Å². The van der Waals surface area contributed by atoms with Crippen molar-refractivity contribution in [1.82, 2.24) is 4.57 Å². The summed E-state index contributed by atoms with van der Waals surface area (Å²) >= 11 is 0. The molecule has 0 bridgehead atoms. The van der Waals surface area contributed by atoms with Gasteiger partial charge in [0.25, 0.3) is 0 Å². The first-order valence-electron chi connectivity index (χ1n) is 12.9. The highest BCUT2D eigenvalue weighted by atomic mass is 16.5. The molecule has 0 unspecified atom stereocenters. The molecule has 2 aromatic carbocycles. The third-order valence-corrected chi connectivity index (χ3v) is 7.57. The average Bonchev–Trinajstić information content (AvgIpc) is 3.10. The number of methoxy groups -OCH3 is 1. The second kappa shape index (κ2) is 9.94. The van der Waals surface area contributed by atoms with E-state index in [0.29, 0.717) is 18.1 Å². The van der Waals surface area contributed by atoms with Crippen LogP contribution in [-0.4, -0.2) is 48.6 Å². The third-order valence-electron chi connectivity index (χ3n) is 7.57. The predicted molar refractivity (Wildman–Crippen MR) is 140 cm³/mol. The smallest absolute Gasteiger partial charge is 0.335 e. The maximum atomic E-state index is 11.8. The van der Waals surface area contributed by atoms with Crippen molar-refractivity contribution >= 4 is 22.6 Å². The number of fused-ring (bicyclic) bond motifs is 5. The van der Waals surface area contributed by atoms with E-state index in [2.05, 4.69) is 35.4 Å². The van der Waals surface area contributed by atoms with Crippen molar-refractivity contribution in [3.8, 4) is 17.0 Å². The first-order valence-corrected chi connectivity index (χ1v) is 12.9. The number of aromatic nitrogens is 1. The molecule has 0 radical (unpaired) electrons. The van der Waals surface area contributed by atoms with Crippen molar-refractivity contribution in [3.63, 3.8) is 0 Å². The van der Waals surface area contributed by atoms with E-state index in [1.165, 1.54) is 54.3 Å². The Hall–Kier alpha value is -2.99. The molecule has 1 saturated carbocycles. The van der Waals surface area contributed by atoms with E-state index in [9.17, 15) is 9.90 Å². The molecule has 35 heavy (non-hydrogen) atoms. The van der Waals surface area contributed by atoms with Crippen LogP contribution < -0.4 is 9.64 Å². The highest BCUT2D eigenvalue weighted by molar-refractivity contribution is 5.99. The van der Waals surface area contributed by atoms with E-state index < -0.39 is 5.97 Å². The molecular weight excluding hydrogens is 440 g/mol. The van der Waals surface area contributed by atoms with Gasteiger partial charge in [-0.15, -0.1) is 0 Å². The van der Waals surface area contributed by atoms with E-state index in [1.807, 2.05) is 18.2 Å². The lowest BCUT2D eigenvalue weighted by Gasteiger charge is -2.27. The number of carboxylic acid groups (broad SMARTS) is 1. The van der Waals surface area contributed by atoms with Crippen LogP contribution in [0.25, 0.3) is 22.2 Å². The number of benzene rings is 2. The van der Waals surface area contributed by atoms with Gasteiger partial charge < -0.3 is 24.0 Å². The standard InChI is InChI=1S/C29H36N2O4/c1-19(2)35-16-15-30-13-14-31-26-17-21(29(32)33)9-11-23(26)27(20-7-5-4-6-8-20)28(31)24-12-10-22(34-3)18-25(24)30/h9-12,17-20H,4-8,13-16H2,1-3H3,(H,32,33). The molecule has 3 aromatic rings. The zero-order valence-electron chi connectivity index (χ0n) is 21.0. The fourth-order valence-corrected chi connectivity index (χ4v) is 5.91. The van der Waals surface area contributed by atoms with Gasteiger partial charge in [0.1, 0.15) is 5.75 Å². The summed E-state index contributed by atoms with van der Waals surface area (Å²) in [6.07, 6.45) is 6.35. The second-order valence-electron chi connectivity index (χ2n) is 10.1. The highest BCUT2D eigenvalue weighted by Gasteiger charge is 2.31. The summed E-state index contributed by atoms with van der Waals surface area (Å²) < 4.78 is 13.9. The van der Waals surface area contributed by atoms with Crippen LogP contribution >= 0.6 is 0 Å². The lowest BCUT2D eigenvalue weighted by molar-refractivity contribution is 0.0697. The van der Waals surface area contributed by atoms with Crippen LogP contribution in [0.1, 0.15) is 67.8 Å². The van der Waals surface area contributed by atoms with Gasteiger partial charge in [-0.2, -0.15) is 0 Å². The van der Waals surface area contributed by atoms with Gasteiger partial charge in [-0.05, 0) is 62.4 Å². The Balaban J connectivity index is 1.71. The number of anilines is 1. The Bertz CT molecular complexity index is 1220. The first-order chi connectivity index (χ1) is 17.0. The number of ether oxygens (including phenoxy) is 2. The van der Waals surface area contributed by atoms with Gasteiger partial charge in [0.05, 0.1) is 31.1 Å². The van der Waals surface area contributed by atoms with E-state index in [0.717, 1.165) is 36.6 Å². The predicted octanol–water partition coefficient (Wildman–Crippen LogP) is 6.31. The van der Waals surface area contributed by atoms with Gasteiger partial charge in [0.15, 0.2) is 0 Å². The molecule has 2 heterocycles. The topological polar surface area (TPSA) is 63.9 Å². The van der Waals surface area contributed by atoms with Crippen LogP contribution in [0.5, 0.6) is 5.75 Å². The third kappa shape index (κ3) is 4.52. The lowest BCUT2D eigenvalue weighted by atomic mass is 9.81. The maximum absolute atomic E-state index is 11.8. The highest BCUT2D eigenvalue weighted by Crippen LogP contribution is 2.48. The average molecular weight is 477 g/mol. The summed E-state index contributed by atoms with van der Waals surface area (Å²) in [5.74, 6) is 0.451. The summed E-state index contributed by atoms with van der Waals surface area (Å²) in [6, 6.07) is 12.1. The Labute approximate surface area is 207 Å². The number of hydrogen-bond acceptors (Lipinski definition) is 4. The minimum Gasteiger partial charge on any atom is -0.497 e. The number of carboxylic acids is 1. The molecular formula is C29H36N2O4. The van der Waals surface area contributed by atoms with Gasteiger partial charge >= 0.3 is 5.97 Å². The van der Waals surface area contributed by atoms with Crippen molar-refractivity contribution in [2.75, 3.05) is 31.7 Å². The maximum Gasteiger partial charge on any atom is 0.335 e. The number of aromatic carboxylic acids is 1. The summed E-state index contributed by atoms with van der Waals surface area (Å²) in [7, 11) is 1.71. The number of rotatable bonds is 7. The zero-order chi connectivity index (χ0) is 24.5. The van der Waals surface area contributed by atoms with E-state index in [1.54, 1.807) is 13.2 Å². The molecule has 1 aromatic heterocycles. The molecule has 1 aliphatic carbocycles. The monoisotopic (exact) mass is 476 g/mol. The lowest BCUT2D eigenvalue weighted by Crippen LogP contribution is -2.30. The van der Waals surface area contributed by atoms with Crippen LogP contribution in [0, 0.1) is 0 Å². The quantitative estimate of drug-likeness (QED) is 0.433. The van der Waals surface area contributed by atoms with Gasteiger partial charge in [0, 0.05) is 47.9 Å².